The van der Waals surface area contributed by atoms with Crippen LogP contribution < -0.4 is 11.1 Å². The van der Waals surface area contributed by atoms with Gasteiger partial charge in [0.25, 0.3) is 0 Å². The van der Waals surface area contributed by atoms with Gasteiger partial charge in [-0.15, -0.1) is 24.8 Å². The van der Waals surface area contributed by atoms with Gasteiger partial charge in [0.05, 0.1) is 0 Å². The third-order valence-electron chi connectivity index (χ3n) is 4.96. The van der Waals surface area contributed by atoms with Crippen molar-refractivity contribution in [3.05, 3.63) is 71.8 Å². The fraction of sp³-hybridized carbons (Fsp3) is 0.381. The van der Waals surface area contributed by atoms with Gasteiger partial charge in [-0.1, -0.05) is 60.7 Å². The van der Waals surface area contributed by atoms with E-state index >= 15 is 0 Å². The van der Waals surface area contributed by atoms with Gasteiger partial charge in [0, 0.05) is 13.1 Å². The van der Waals surface area contributed by atoms with E-state index in [0.29, 0.717) is 5.92 Å². The molecule has 1 amide bonds. The minimum Gasteiger partial charge on any atom is -0.354 e. The molecule has 0 spiro atoms. The van der Waals surface area contributed by atoms with Crippen molar-refractivity contribution in [2.24, 2.45) is 11.7 Å². The normalized spacial score (nSPS) is 15.9. The quantitative estimate of drug-likeness (QED) is 0.766. The van der Waals surface area contributed by atoms with Crippen LogP contribution in [-0.2, 0) is 11.3 Å². The fourth-order valence-corrected chi connectivity index (χ4v) is 3.36. The number of nitrogens with one attached hydrogen (secondary N) is 1. The van der Waals surface area contributed by atoms with Gasteiger partial charge in [0.15, 0.2) is 0 Å². The molecule has 1 atom stereocenters. The zero-order valence-corrected chi connectivity index (χ0v) is 17.1. The van der Waals surface area contributed by atoms with Gasteiger partial charge in [-0.3, -0.25) is 9.69 Å². The first-order chi connectivity index (χ1) is 12.2. The van der Waals surface area contributed by atoms with E-state index in [1.165, 1.54) is 5.56 Å². The zero-order valence-electron chi connectivity index (χ0n) is 15.4. The average Bonchev–Trinajstić information content (AvgIpc) is 2.68. The van der Waals surface area contributed by atoms with Crippen molar-refractivity contribution in [2.75, 3.05) is 19.6 Å². The van der Waals surface area contributed by atoms with Crippen molar-refractivity contribution < 1.29 is 4.79 Å². The predicted octanol–water partition coefficient (Wildman–Crippen LogP) is 3.56. The van der Waals surface area contributed by atoms with Crippen LogP contribution in [0.5, 0.6) is 0 Å². The monoisotopic (exact) mass is 409 g/mol. The lowest BCUT2D eigenvalue weighted by atomic mass is 9.96. The smallest absolute Gasteiger partial charge is 0.241 e. The Balaban J connectivity index is 0.00000182. The Bertz CT molecular complexity index is 662. The summed E-state index contributed by atoms with van der Waals surface area (Å²) in [4.78, 5) is 14.7. The Hall–Kier alpha value is -1.59. The Morgan fingerprint density at radius 1 is 1.00 bits per heavy atom. The van der Waals surface area contributed by atoms with Crippen molar-refractivity contribution in [2.45, 2.75) is 25.4 Å². The summed E-state index contributed by atoms with van der Waals surface area (Å²) in [5.41, 5.74) is 8.26. The van der Waals surface area contributed by atoms with E-state index in [1.54, 1.807) is 0 Å². The van der Waals surface area contributed by atoms with Crippen molar-refractivity contribution in [1.82, 2.24) is 10.2 Å². The fourth-order valence-electron chi connectivity index (χ4n) is 3.36. The average molecular weight is 410 g/mol. The number of amides is 1. The lowest BCUT2D eigenvalue weighted by Crippen LogP contribution is -2.41. The highest BCUT2D eigenvalue weighted by Crippen LogP contribution is 2.19. The summed E-state index contributed by atoms with van der Waals surface area (Å²) in [5, 5.41) is 3.03. The number of piperidine rings is 1. The lowest BCUT2D eigenvalue weighted by molar-refractivity contribution is -0.122. The third-order valence-corrected chi connectivity index (χ3v) is 4.96. The van der Waals surface area contributed by atoms with Crippen LogP contribution in [-0.4, -0.2) is 30.4 Å². The second-order valence-corrected chi connectivity index (χ2v) is 6.84. The van der Waals surface area contributed by atoms with Crippen molar-refractivity contribution in [3.8, 4) is 0 Å². The summed E-state index contributed by atoms with van der Waals surface area (Å²) in [6.45, 7) is 3.90. The van der Waals surface area contributed by atoms with E-state index in [1.807, 2.05) is 30.3 Å². The highest BCUT2D eigenvalue weighted by molar-refractivity contribution is 5.85. The van der Waals surface area contributed by atoms with Gasteiger partial charge < -0.3 is 11.1 Å². The van der Waals surface area contributed by atoms with Crippen molar-refractivity contribution in [3.63, 3.8) is 0 Å². The minimum atomic E-state index is -0.584. The molecule has 1 unspecified atom stereocenters. The number of carbonyl (C=O) groups is 1. The zero-order chi connectivity index (χ0) is 17.5. The van der Waals surface area contributed by atoms with Gasteiger partial charge in [0.2, 0.25) is 5.91 Å². The summed E-state index contributed by atoms with van der Waals surface area (Å²) in [5.74, 6) is 0.455. The predicted molar refractivity (Wildman–Crippen MR) is 115 cm³/mol. The number of benzene rings is 2. The number of carbonyl (C=O) groups excluding carboxylic acids is 1. The summed E-state index contributed by atoms with van der Waals surface area (Å²) >= 11 is 0. The number of likely N-dealkylation sites (tertiary alicyclic amines) is 1. The van der Waals surface area contributed by atoms with Crippen LogP contribution in [0.3, 0.4) is 0 Å². The molecule has 2 aromatic rings. The topological polar surface area (TPSA) is 58.4 Å². The Morgan fingerprint density at radius 3 is 2.15 bits per heavy atom. The Labute approximate surface area is 174 Å². The van der Waals surface area contributed by atoms with Gasteiger partial charge in [-0.2, -0.15) is 0 Å². The van der Waals surface area contributed by atoms with Gasteiger partial charge in [-0.05, 0) is 43.0 Å². The van der Waals surface area contributed by atoms with Crippen LogP contribution in [0.25, 0.3) is 0 Å². The lowest BCUT2D eigenvalue weighted by Gasteiger charge is -2.32. The number of rotatable bonds is 6. The number of nitrogens with zero attached hydrogens (tertiary/aromatic N) is 1. The third kappa shape index (κ3) is 7.15. The number of hydrogen-bond donors (Lipinski definition) is 2. The first-order valence-corrected chi connectivity index (χ1v) is 9.07. The highest BCUT2D eigenvalue weighted by atomic mass is 35.5. The molecular formula is C21H29Cl2N3O. The highest BCUT2D eigenvalue weighted by Gasteiger charge is 2.21. The number of halogens is 2. The largest absolute Gasteiger partial charge is 0.354 e. The molecule has 1 aliphatic rings. The maximum atomic E-state index is 12.2. The molecule has 27 heavy (non-hydrogen) atoms. The molecule has 0 aromatic heterocycles. The molecule has 1 heterocycles. The Kier molecular flexibility index (Phi) is 10.4. The molecule has 1 aliphatic heterocycles. The summed E-state index contributed by atoms with van der Waals surface area (Å²) < 4.78 is 0. The van der Waals surface area contributed by atoms with E-state index in [2.05, 4.69) is 40.5 Å². The van der Waals surface area contributed by atoms with E-state index < -0.39 is 6.04 Å². The second-order valence-electron chi connectivity index (χ2n) is 6.84. The molecular weight excluding hydrogens is 381 g/mol. The molecule has 148 valence electrons. The molecule has 0 radical (unpaired) electrons. The molecule has 1 fully saturated rings. The second kappa shape index (κ2) is 12.0. The maximum absolute atomic E-state index is 12.2. The first-order valence-electron chi connectivity index (χ1n) is 9.07. The van der Waals surface area contributed by atoms with Crippen LogP contribution in [0.4, 0.5) is 0 Å². The van der Waals surface area contributed by atoms with E-state index in [0.717, 1.165) is 44.6 Å². The Morgan fingerprint density at radius 2 is 1.56 bits per heavy atom. The molecule has 4 nitrogen and oxygen atoms in total. The molecule has 0 bridgehead atoms. The summed E-state index contributed by atoms with van der Waals surface area (Å²) in [7, 11) is 0. The molecule has 0 aliphatic carbocycles. The minimum absolute atomic E-state index is 0. The van der Waals surface area contributed by atoms with E-state index in [4.69, 9.17) is 5.73 Å². The summed E-state index contributed by atoms with van der Waals surface area (Å²) in [6, 6.07) is 19.5. The first kappa shape index (κ1) is 23.4. The number of nitrogens with two attached hydrogens (primary N) is 1. The molecule has 1 saturated heterocycles. The van der Waals surface area contributed by atoms with Crippen molar-refractivity contribution >= 4 is 30.7 Å². The molecule has 3 rings (SSSR count). The molecule has 3 N–H and O–H groups in total. The van der Waals surface area contributed by atoms with Crippen LogP contribution in [0.15, 0.2) is 60.7 Å². The van der Waals surface area contributed by atoms with Crippen LogP contribution in [0.1, 0.15) is 30.0 Å². The summed E-state index contributed by atoms with van der Waals surface area (Å²) in [6.07, 6.45) is 2.24. The van der Waals surface area contributed by atoms with E-state index in [9.17, 15) is 4.79 Å². The standard InChI is InChI=1S/C21H27N3O.2ClH/c22-20(19-9-5-2-6-10-19)21(25)23-15-17-11-13-24(14-12-17)16-18-7-3-1-4-8-18;;/h1-10,17,20H,11-16,22H2,(H,23,25);2*1H. The molecule has 6 heteroatoms. The van der Waals surface area contributed by atoms with Gasteiger partial charge >= 0.3 is 0 Å². The van der Waals surface area contributed by atoms with Crippen LogP contribution in [0.2, 0.25) is 0 Å². The van der Waals surface area contributed by atoms with Crippen LogP contribution in [0, 0.1) is 5.92 Å². The molecule has 0 saturated carbocycles. The molecule has 2 aromatic carbocycles. The van der Waals surface area contributed by atoms with Gasteiger partial charge in [0.1, 0.15) is 6.04 Å². The van der Waals surface area contributed by atoms with Crippen LogP contribution >= 0.6 is 24.8 Å². The maximum Gasteiger partial charge on any atom is 0.241 e. The van der Waals surface area contributed by atoms with Gasteiger partial charge in [-0.25, -0.2) is 0 Å². The van der Waals surface area contributed by atoms with E-state index in [-0.39, 0.29) is 30.7 Å². The van der Waals surface area contributed by atoms with Crippen molar-refractivity contribution in [1.29, 1.82) is 0 Å². The number of hydrogen-bond acceptors (Lipinski definition) is 3. The SMILES string of the molecule is Cl.Cl.NC(C(=O)NCC1CCN(Cc2ccccc2)CC1)c1ccccc1.